The predicted molar refractivity (Wildman–Crippen MR) is 91.1 cm³/mol. The third kappa shape index (κ3) is 3.60. The van der Waals surface area contributed by atoms with Crippen LogP contribution in [0.1, 0.15) is 27.2 Å². The lowest BCUT2D eigenvalue weighted by atomic mass is 10.1. The van der Waals surface area contributed by atoms with Gasteiger partial charge in [-0.3, -0.25) is 4.79 Å². The highest BCUT2D eigenvalue weighted by Gasteiger charge is 2.08. The van der Waals surface area contributed by atoms with Crippen LogP contribution in [0.5, 0.6) is 0 Å². The van der Waals surface area contributed by atoms with Crippen LogP contribution in [0.4, 0.5) is 11.6 Å². The molecule has 6 nitrogen and oxygen atoms in total. The van der Waals surface area contributed by atoms with Crippen molar-refractivity contribution in [3.05, 3.63) is 71.4 Å². The monoisotopic (exact) mass is 322 g/mol. The van der Waals surface area contributed by atoms with Gasteiger partial charge >= 0.3 is 0 Å². The van der Waals surface area contributed by atoms with E-state index in [0.29, 0.717) is 23.8 Å². The number of furan rings is 1. The van der Waals surface area contributed by atoms with Crippen LogP contribution >= 0.6 is 0 Å². The van der Waals surface area contributed by atoms with Crippen LogP contribution in [0.2, 0.25) is 0 Å². The van der Waals surface area contributed by atoms with E-state index < -0.39 is 0 Å². The van der Waals surface area contributed by atoms with Gasteiger partial charge in [0.1, 0.15) is 5.76 Å². The molecule has 3 rings (SSSR count). The maximum absolute atomic E-state index is 12.1. The average Bonchev–Trinajstić information content (AvgIpc) is 3.11. The Bertz CT molecular complexity index is 827. The summed E-state index contributed by atoms with van der Waals surface area (Å²) in [7, 11) is 0. The van der Waals surface area contributed by atoms with Crippen molar-refractivity contribution < 1.29 is 9.21 Å². The fourth-order valence-electron chi connectivity index (χ4n) is 2.20. The van der Waals surface area contributed by atoms with Crippen LogP contribution < -0.4 is 10.6 Å². The Kier molecular flexibility index (Phi) is 4.56. The molecule has 0 unspecified atom stereocenters. The maximum atomic E-state index is 12.1. The molecule has 0 aliphatic carbocycles. The van der Waals surface area contributed by atoms with E-state index in [1.807, 2.05) is 32.0 Å². The Hall–Kier alpha value is -3.15. The molecular weight excluding hydrogens is 304 g/mol. The lowest BCUT2D eigenvalue weighted by Crippen LogP contribution is -2.23. The zero-order chi connectivity index (χ0) is 16.9. The van der Waals surface area contributed by atoms with Crippen LogP contribution in [-0.2, 0) is 6.54 Å². The molecule has 0 fully saturated rings. The van der Waals surface area contributed by atoms with Crippen molar-refractivity contribution in [2.75, 3.05) is 5.32 Å². The van der Waals surface area contributed by atoms with Crippen LogP contribution in [-0.4, -0.2) is 15.9 Å². The summed E-state index contributed by atoms with van der Waals surface area (Å²) in [4.78, 5) is 20.5. The van der Waals surface area contributed by atoms with Gasteiger partial charge in [0.05, 0.1) is 18.4 Å². The minimum atomic E-state index is -0.246. The molecule has 2 N–H and O–H groups in total. The number of rotatable bonds is 5. The number of aryl methyl sites for hydroxylation is 1. The lowest BCUT2D eigenvalue weighted by molar-refractivity contribution is 0.0947. The molecule has 6 heteroatoms. The summed E-state index contributed by atoms with van der Waals surface area (Å²) in [6.07, 6.45) is 4.56. The zero-order valence-corrected chi connectivity index (χ0v) is 13.5. The number of amides is 1. The van der Waals surface area contributed by atoms with Crippen LogP contribution in [0.3, 0.4) is 0 Å². The number of nitrogens with one attached hydrogen (secondary N) is 2. The van der Waals surface area contributed by atoms with Gasteiger partial charge in [-0.1, -0.05) is 12.1 Å². The number of hydrogen-bond acceptors (Lipinski definition) is 5. The summed E-state index contributed by atoms with van der Waals surface area (Å²) in [6.45, 7) is 4.41. The number of carbonyl (C=O) groups excluding carboxylic acids is 1. The molecule has 0 aliphatic heterocycles. The molecule has 0 radical (unpaired) electrons. The normalized spacial score (nSPS) is 10.4. The van der Waals surface area contributed by atoms with Crippen molar-refractivity contribution in [3.63, 3.8) is 0 Å². The number of benzene rings is 1. The molecule has 0 saturated heterocycles. The smallest absolute Gasteiger partial charge is 0.254 e. The van der Waals surface area contributed by atoms with Gasteiger partial charge in [-0.15, -0.1) is 0 Å². The van der Waals surface area contributed by atoms with Gasteiger partial charge in [0.15, 0.2) is 0 Å². The van der Waals surface area contributed by atoms with Crippen LogP contribution in [0.15, 0.2) is 53.4 Å². The van der Waals surface area contributed by atoms with E-state index in [2.05, 4.69) is 20.6 Å². The molecule has 0 aliphatic rings. The van der Waals surface area contributed by atoms with E-state index in [1.54, 1.807) is 18.4 Å². The first-order chi connectivity index (χ1) is 11.6. The molecule has 1 amide bonds. The number of aromatic nitrogens is 2. The highest BCUT2D eigenvalue weighted by Crippen LogP contribution is 2.20. The third-order valence-corrected chi connectivity index (χ3v) is 3.77. The molecule has 0 spiro atoms. The standard InChI is InChI=1S/C18H18N4O2/c1-12-5-3-7-16(13(12)2)22-18-20-9-14(10-21-18)17(23)19-11-15-6-4-8-24-15/h3-10H,11H2,1-2H3,(H,19,23)(H,20,21,22). The van der Waals surface area contributed by atoms with Crippen molar-refractivity contribution >= 4 is 17.5 Å². The topological polar surface area (TPSA) is 80.0 Å². The van der Waals surface area contributed by atoms with E-state index in [0.717, 1.165) is 11.3 Å². The molecule has 3 aromatic rings. The van der Waals surface area contributed by atoms with Crippen LogP contribution in [0, 0.1) is 13.8 Å². The quantitative estimate of drug-likeness (QED) is 0.753. The first-order valence-corrected chi connectivity index (χ1v) is 7.59. The molecule has 0 saturated carbocycles. The largest absolute Gasteiger partial charge is 0.467 e. The second-order valence-corrected chi connectivity index (χ2v) is 5.43. The summed E-state index contributed by atoms with van der Waals surface area (Å²) < 4.78 is 5.17. The van der Waals surface area contributed by atoms with Crippen molar-refractivity contribution in [2.45, 2.75) is 20.4 Å². The van der Waals surface area contributed by atoms with Crippen molar-refractivity contribution in [1.29, 1.82) is 0 Å². The Labute approximate surface area is 140 Å². The summed E-state index contributed by atoms with van der Waals surface area (Å²) in [5, 5.41) is 5.92. The molecule has 0 atom stereocenters. The summed E-state index contributed by atoms with van der Waals surface area (Å²) in [6, 6.07) is 9.57. The molecule has 0 bridgehead atoms. The number of carbonyl (C=O) groups is 1. The maximum Gasteiger partial charge on any atom is 0.254 e. The van der Waals surface area contributed by atoms with E-state index in [4.69, 9.17) is 4.42 Å². The predicted octanol–water partition coefficient (Wildman–Crippen LogP) is 3.36. The van der Waals surface area contributed by atoms with Gasteiger partial charge in [-0.25, -0.2) is 9.97 Å². The SMILES string of the molecule is Cc1cccc(Nc2ncc(C(=O)NCc3ccco3)cn2)c1C. The second kappa shape index (κ2) is 6.95. The molecule has 1 aromatic carbocycles. The molecule has 122 valence electrons. The molecule has 24 heavy (non-hydrogen) atoms. The fraction of sp³-hybridized carbons (Fsp3) is 0.167. The zero-order valence-electron chi connectivity index (χ0n) is 13.5. The van der Waals surface area contributed by atoms with E-state index in [1.165, 1.54) is 18.0 Å². The Balaban J connectivity index is 1.64. The van der Waals surface area contributed by atoms with Crippen LogP contribution in [0.25, 0.3) is 0 Å². The van der Waals surface area contributed by atoms with Crippen molar-refractivity contribution in [1.82, 2.24) is 15.3 Å². The first-order valence-electron chi connectivity index (χ1n) is 7.59. The van der Waals surface area contributed by atoms with Gasteiger partial charge in [0.2, 0.25) is 5.95 Å². The number of hydrogen-bond donors (Lipinski definition) is 2. The Morgan fingerprint density at radius 1 is 1.12 bits per heavy atom. The summed E-state index contributed by atoms with van der Waals surface area (Å²) in [5.74, 6) is 0.897. The number of nitrogens with zero attached hydrogens (tertiary/aromatic N) is 2. The minimum absolute atomic E-state index is 0.246. The first kappa shape index (κ1) is 15.7. The van der Waals surface area contributed by atoms with Gasteiger partial charge in [0, 0.05) is 18.1 Å². The summed E-state index contributed by atoms with van der Waals surface area (Å²) >= 11 is 0. The van der Waals surface area contributed by atoms with Gasteiger partial charge in [0.25, 0.3) is 5.91 Å². The minimum Gasteiger partial charge on any atom is -0.467 e. The van der Waals surface area contributed by atoms with Gasteiger partial charge in [-0.2, -0.15) is 0 Å². The van der Waals surface area contributed by atoms with E-state index in [-0.39, 0.29) is 5.91 Å². The number of anilines is 2. The molecular formula is C18H18N4O2. The molecule has 2 aromatic heterocycles. The third-order valence-electron chi connectivity index (χ3n) is 3.77. The average molecular weight is 322 g/mol. The lowest BCUT2D eigenvalue weighted by Gasteiger charge is -2.10. The summed E-state index contributed by atoms with van der Waals surface area (Å²) in [5.41, 5.74) is 3.67. The van der Waals surface area contributed by atoms with Gasteiger partial charge < -0.3 is 15.1 Å². The second-order valence-electron chi connectivity index (χ2n) is 5.43. The van der Waals surface area contributed by atoms with Crippen molar-refractivity contribution in [2.24, 2.45) is 0 Å². The highest BCUT2D eigenvalue weighted by molar-refractivity contribution is 5.93. The fourth-order valence-corrected chi connectivity index (χ4v) is 2.20. The Morgan fingerprint density at radius 2 is 1.92 bits per heavy atom. The van der Waals surface area contributed by atoms with Crippen molar-refractivity contribution in [3.8, 4) is 0 Å². The van der Waals surface area contributed by atoms with E-state index in [9.17, 15) is 4.79 Å². The Morgan fingerprint density at radius 3 is 2.62 bits per heavy atom. The van der Waals surface area contributed by atoms with E-state index >= 15 is 0 Å². The molecule has 2 heterocycles. The highest BCUT2D eigenvalue weighted by atomic mass is 16.3. The van der Waals surface area contributed by atoms with Gasteiger partial charge in [-0.05, 0) is 43.2 Å².